The first-order valence-corrected chi connectivity index (χ1v) is 5.80. The maximum atomic E-state index is 5.74. The highest BCUT2D eigenvalue weighted by Crippen LogP contribution is 2.23. The van der Waals surface area contributed by atoms with Gasteiger partial charge in [-0.1, -0.05) is 24.3 Å². The quantitative estimate of drug-likeness (QED) is 0.851. The molecule has 0 fully saturated rings. The van der Waals surface area contributed by atoms with Crippen LogP contribution in [0.5, 0.6) is 0 Å². The lowest BCUT2D eigenvalue weighted by atomic mass is 10.1. The molecule has 0 saturated heterocycles. The van der Waals surface area contributed by atoms with E-state index in [1.54, 1.807) is 6.20 Å². The Bertz CT molecular complexity index is 511. The van der Waals surface area contributed by atoms with Gasteiger partial charge in [0.05, 0.1) is 5.69 Å². The van der Waals surface area contributed by atoms with Crippen LogP contribution in [0, 0.1) is 0 Å². The van der Waals surface area contributed by atoms with Gasteiger partial charge >= 0.3 is 0 Å². The highest BCUT2D eigenvalue weighted by molar-refractivity contribution is 5.37. The summed E-state index contributed by atoms with van der Waals surface area (Å²) in [5.74, 6) is 0. The summed E-state index contributed by atoms with van der Waals surface area (Å²) in [6.45, 7) is 2.95. The Labute approximate surface area is 101 Å². The highest BCUT2D eigenvalue weighted by atomic mass is 15.1. The van der Waals surface area contributed by atoms with E-state index in [9.17, 15) is 0 Å². The van der Waals surface area contributed by atoms with E-state index in [1.165, 1.54) is 16.7 Å². The molecular weight excluding hydrogens is 210 g/mol. The molecular formula is C14H15N3. The predicted molar refractivity (Wildman–Crippen MR) is 68.0 cm³/mol. The Balaban J connectivity index is 1.74. The number of hydrogen-bond donors (Lipinski definition) is 1. The number of nitrogen functional groups attached to an aromatic ring is 1. The normalized spacial score (nSPS) is 14.8. The fourth-order valence-electron chi connectivity index (χ4n) is 2.37. The molecule has 0 radical (unpaired) electrons. The summed E-state index contributed by atoms with van der Waals surface area (Å²) in [7, 11) is 0. The zero-order chi connectivity index (χ0) is 11.7. The molecule has 1 aromatic heterocycles. The third-order valence-corrected chi connectivity index (χ3v) is 3.13. The second-order valence-electron chi connectivity index (χ2n) is 4.54. The Hall–Kier alpha value is -1.87. The van der Waals surface area contributed by atoms with Crippen LogP contribution in [0.2, 0.25) is 0 Å². The molecule has 0 spiro atoms. The van der Waals surface area contributed by atoms with Crippen molar-refractivity contribution in [1.82, 2.24) is 9.88 Å². The van der Waals surface area contributed by atoms with Crippen LogP contribution in [-0.4, -0.2) is 9.88 Å². The van der Waals surface area contributed by atoms with Crippen molar-refractivity contribution >= 4 is 5.69 Å². The van der Waals surface area contributed by atoms with Crippen LogP contribution >= 0.6 is 0 Å². The smallest absolute Gasteiger partial charge is 0.0503 e. The van der Waals surface area contributed by atoms with Crippen LogP contribution < -0.4 is 5.73 Å². The number of pyridine rings is 1. The molecule has 2 heterocycles. The number of fused-ring (bicyclic) bond motifs is 1. The van der Waals surface area contributed by atoms with Gasteiger partial charge in [0.25, 0.3) is 0 Å². The lowest BCUT2D eigenvalue weighted by molar-refractivity contribution is 0.275. The average Bonchev–Trinajstić information content (AvgIpc) is 2.71. The summed E-state index contributed by atoms with van der Waals surface area (Å²) in [4.78, 5) is 6.53. The number of hydrogen-bond acceptors (Lipinski definition) is 3. The lowest BCUT2D eigenvalue weighted by Gasteiger charge is -2.14. The molecule has 0 aliphatic carbocycles. The zero-order valence-electron chi connectivity index (χ0n) is 9.63. The molecule has 3 rings (SSSR count). The molecule has 3 heteroatoms. The molecule has 3 nitrogen and oxygen atoms in total. The minimum atomic E-state index is 0.735. The summed E-state index contributed by atoms with van der Waals surface area (Å²) >= 11 is 0. The minimum Gasteiger partial charge on any atom is -0.397 e. The van der Waals surface area contributed by atoms with Gasteiger partial charge in [-0.25, -0.2) is 0 Å². The monoisotopic (exact) mass is 225 g/mol. The number of aromatic nitrogens is 1. The van der Waals surface area contributed by atoms with E-state index in [-0.39, 0.29) is 0 Å². The van der Waals surface area contributed by atoms with Crippen LogP contribution in [0.1, 0.15) is 16.7 Å². The van der Waals surface area contributed by atoms with Gasteiger partial charge in [0.15, 0.2) is 0 Å². The number of nitrogens with two attached hydrogens (primary N) is 1. The fraction of sp³-hybridized carbons (Fsp3) is 0.214. The van der Waals surface area contributed by atoms with Gasteiger partial charge in [-0.05, 0) is 22.8 Å². The number of nitrogens with zero attached hydrogens (tertiary/aromatic N) is 2. The SMILES string of the molecule is Nc1cncc(CN2Cc3ccccc3C2)c1. The number of rotatable bonds is 2. The van der Waals surface area contributed by atoms with Gasteiger partial charge in [-0.2, -0.15) is 0 Å². The zero-order valence-corrected chi connectivity index (χ0v) is 9.63. The van der Waals surface area contributed by atoms with Crippen molar-refractivity contribution in [3.63, 3.8) is 0 Å². The summed E-state index contributed by atoms with van der Waals surface area (Å²) in [6, 6.07) is 10.6. The van der Waals surface area contributed by atoms with Crippen molar-refractivity contribution in [1.29, 1.82) is 0 Å². The van der Waals surface area contributed by atoms with E-state index in [2.05, 4.69) is 34.1 Å². The molecule has 1 aliphatic rings. The molecule has 0 amide bonds. The van der Waals surface area contributed by atoms with Crippen molar-refractivity contribution in [3.8, 4) is 0 Å². The molecule has 0 atom stereocenters. The van der Waals surface area contributed by atoms with Gasteiger partial charge in [-0.3, -0.25) is 9.88 Å². The fourth-order valence-corrected chi connectivity index (χ4v) is 2.37. The summed E-state index contributed by atoms with van der Waals surface area (Å²) in [5, 5.41) is 0. The topological polar surface area (TPSA) is 42.1 Å². The van der Waals surface area contributed by atoms with E-state index in [0.29, 0.717) is 0 Å². The van der Waals surface area contributed by atoms with E-state index >= 15 is 0 Å². The van der Waals surface area contributed by atoms with E-state index < -0.39 is 0 Å². The number of benzene rings is 1. The summed E-state index contributed by atoms with van der Waals surface area (Å²) in [6.07, 6.45) is 3.57. The second-order valence-corrected chi connectivity index (χ2v) is 4.54. The first-order chi connectivity index (χ1) is 8.31. The van der Waals surface area contributed by atoms with Crippen molar-refractivity contribution in [2.24, 2.45) is 0 Å². The Kier molecular flexibility index (Phi) is 2.53. The third-order valence-electron chi connectivity index (χ3n) is 3.13. The van der Waals surface area contributed by atoms with Gasteiger partial charge in [0.2, 0.25) is 0 Å². The van der Waals surface area contributed by atoms with Crippen LogP contribution in [0.15, 0.2) is 42.7 Å². The first-order valence-electron chi connectivity index (χ1n) is 5.80. The molecule has 0 unspecified atom stereocenters. The van der Waals surface area contributed by atoms with Crippen molar-refractivity contribution in [2.45, 2.75) is 19.6 Å². The summed E-state index contributed by atoms with van der Waals surface area (Å²) < 4.78 is 0. The molecule has 17 heavy (non-hydrogen) atoms. The maximum absolute atomic E-state index is 5.74. The molecule has 86 valence electrons. The van der Waals surface area contributed by atoms with Gasteiger partial charge in [0, 0.05) is 32.0 Å². The lowest BCUT2D eigenvalue weighted by Crippen LogP contribution is -2.15. The third kappa shape index (κ3) is 2.15. The summed E-state index contributed by atoms with van der Waals surface area (Å²) in [5.41, 5.74) is 10.5. The predicted octanol–water partition coefficient (Wildman–Crippen LogP) is 2.18. The largest absolute Gasteiger partial charge is 0.397 e. The molecule has 2 aromatic rings. The Morgan fingerprint density at radius 3 is 2.47 bits per heavy atom. The standard InChI is InChI=1S/C14H15N3/c15-14-5-11(6-16-7-14)8-17-9-12-3-1-2-4-13(12)10-17/h1-7H,8-10,15H2. The van der Waals surface area contributed by atoms with Crippen molar-refractivity contribution in [3.05, 3.63) is 59.4 Å². The number of anilines is 1. The Morgan fingerprint density at radius 2 is 1.82 bits per heavy atom. The van der Waals surface area contributed by atoms with Gasteiger partial charge in [-0.15, -0.1) is 0 Å². The van der Waals surface area contributed by atoms with Gasteiger partial charge in [0.1, 0.15) is 0 Å². The van der Waals surface area contributed by atoms with Crippen molar-refractivity contribution < 1.29 is 0 Å². The molecule has 1 aromatic carbocycles. The maximum Gasteiger partial charge on any atom is 0.0503 e. The van der Waals surface area contributed by atoms with Crippen LogP contribution in [-0.2, 0) is 19.6 Å². The molecule has 2 N–H and O–H groups in total. The molecule has 0 saturated carbocycles. The van der Waals surface area contributed by atoms with Crippen LogP contribution in [0.25, 0.3) is 0 Å². The van der Waals surface area contributed by atoms with E-state index in [0.717, 1.165) is 25.3 Å². The second kappa shape index (κ2) is 4.18. The molecule has 0 bridgehead atoms. The van der Waals surface area contributed by atoms with Crippen molar-refractivity contribution in [2.75, 3.05) is 5.73 Å². The van der Waals surface area contributed by atoms with E-state index in [4.69, 9.17) is 5.73 Å². The average molecular weight is 225 g/mol. The minimum absolute atomic E-state index is 0.735. The Morgan fingerprint density at radius 1 is 1.12 bits per heavy atom. The van der Waals surface area contributed by atoms with Crippen LogP contribution in [0.4, 0.5) is 5.69 Å². The highest BCUT2D eigenvalue weighted by Gasteiger charge is 2.17. The van der Waals surface area contributed by atoms with Gasteiger partial charge < -0.3 is 5.73 Å². The van der Waals surface area contributed by atoms with Crippen LogP contribution in [0.3, 0.4) is 0 Å². The first kappa shape index (κ1) is 10.3. The van der Waals surface area contributed by atoms with E-state index in [1.807, 2.05) is 12.3 Å². The molecule has 1 aliphatic heterocycles.